The molecule has 3 aromatic carbocycles. The van der Waals surface area contributed by atoms with E-state index in [2.05, 4.69) is 12.1 Å². The second-order valence-corrected chi connectivity index (χ2v) is 10.3. The van der Waals surface area contributed by atoms with Gasteiger partial charge in [-0.1, -0.05) is 73.5 Å². The zero-order valence-electron chi connectivity index (χ0n) is 23.9. The molecule has 6 heteroatoms. The Morgan fingerprint density at radius 3 is 2.38 bits per heavy atom. The zero-order chi connectivity index (χ0) is 28.2. The van der Waals surface area contributed by atoms with Crippen LogP contribution in [0.5, 0.6) is 11.5 Å². The minimum atomic E-state index is -0.166. The van der Waals surface area contributed by atoms with Gasteiger partial charge in [-0.25, -0.2) is 0 Å². The highest BCUT2D eigenvalue weighted by molar-refractivity contribution is 5.97. The highest BCUT2D eigenvalue weighted by Gasteiger charge is 2.26. The maximum atomic E-state index is 13.9. The van der Waals surface area contributed by atoms with Crippen molar-refractivity contribution in [2.24, 2.45) is 0 Å². The average Bonchev–Trinajstić information content (AvgIpc) is 3.00. The first-order valence-corrected chi connectivity index (χ1v) is 14.6. The number of hydrogen-bond donors (Lipinski definition) is 0. The fourth-order valence-corrected chi connectivity index (χ4v) is 5.42. The molecular formula is C34H42N2O4. The standard InChI is InChI=1S/C34H42N2O4/c1-3-35-23-13-4-5-14-24-36(33(37)22-21-28-17-9-11-19-31(28)39-2)29(25-27-15-7-6-8-16-27)26-40-32-20-12-10-18-30(32)34(35)38/h6-12,15-20,29H,3-5,13-14,21-26H2,1-2H3/t29-/m0/s1. The molecule has 0 aromatic heterocycles. The molecule has 0 N–H and O–H groups in total. The molecule has 2 amide bonds. The fourth-order valence-electron chi connectivity index (χ4n) is 5.42. The quantitative estimate of drug-likeness (QED) is 0.358. The Labute approximate surface area is 238 Å². The molecule has 1 aliphatic rings. The van der Waals surface area contributed by atoms with Crippen molar-refractivity contribution in [3.63, 3.8) is 0 Å². The maximum Gasteiger partial charge on any atom is 0.257 e. The minimum Gasteiger partial charge on any atom is -0.496 e. The number of carbonyl (C=O) groups excluding carboxylic acids is 2. The molecule has 40 heavy (non-hydrogen) atoms. The van der Waals surface area contributed by atoms with Gasteiger partial charge in [0.2, 0.25) is 5.91 Å². The van der Waals surface area contributed by atoms with Crippen LogP contribution in [-0.4, -0.2) is 61.0 Å². The van der Waals surface area contributed by atoms with Crippen molar-refractivity contribution < 1.29 is 19.1 Å². The normalized spacial score (nSPS) is 16.9. The zero-order valence-corrected chi connectivity index (χ0v) is 23.9. The Hall–Kier alpha value is -3.80. The second-order valence-electron chi connectivity index (χ2n) is 10.3. The fraction of sp³-hybridized carbons (Fsp3) is 0.412. The van der Waals surface area contributed by atoms with Gasteiger partial charge in [0.15, 0.2) is 0 Å². The number of para-hydroxylation sites is 2. The van der Waals surface area contributed by atoms with E-state index in [0.717, 1.165) is 49.1 Å². The number of rotatable bonds is 7. The lowest BCUT2D eigenvalue weighted by Crippen LogP contribution is -2.46. The summed E-state index contributed by atoms with van der Waals surface area (Å²) in [4.78, 5) is 31.2. The monoisotopic (exact) mass is 542 g/mol. The van der Waals surface area contributed by atoms with E-state index in [-0.39, 0.29) is 17.9 Å². The summed E-state index contributed by atoms with van der Waals surface area (Å²) in [5.41, 5.74) is 2.76. The number of amides is 2. The van der Waals surface area contributed by atoms with Gasteiger partial charge in [-0.2, -0.15) is 0 Å². The first-order chi connectivity index (χ1) is 19.6. The number of hydrogen-bond acceptors (Lipinski definition) is 4. The molecule has 0 radical (unpaired) electrons. The number of fused-ring (bicyclic) bond motifs is 1. The van der Waals surface area contributed by atoms with Crippen molar-refractivity contribution in [1.82, 2.24) is 9.80 Å². The van der Waals surface area contributed by atoms with E-state index in [4.69, 9.17) is 9.47 Å². The summed E-state index contributed by atoms with van der Waals surface area (Å²) in [6.07, 6.45) is 5.58. The molecule has 4 rings (SSSR count). The first kappa shape index (κ1) is 29.2. The van der Waals surface area contributed by atoms with Crippen LogP contribution in [0.25, 0.3) is 0 Å². The molecule has 6 nitrogen and oxygen atoms in total. The van der Waals surface area contributed by atoms with E-state index >= 15 is 0 Å². The van der Waals surface area contributed by atoms with Crippen LogP contribution in [0.15, 0.2) is 78.9 Å². The molecule has 212 valence electrons. The Bertz CT molecular complexity index is 1230. The van der Waals surface area contributed by atoms with E-state index in [1.54, 1.807) is 7.11 Å². The molecule has 1 heterocycles. The third-order valence-corrected chi connectivity index (χ3v) is 7.67. The van der Waals surface area contributed by atoms with Gasteiger partial charge in [0, 0.05) is 26.1 Å². The predicted molar refractivity (Wildman–Crippen MR) is 159 cm³/mol. The summed E-state index contributed by atoms with van der Waals surface area (Å²) >= 11 is 0. The lowest BCUT2D eigenvalue weighted by Gasteiger charge is -2.33. The molecule has 3 aromatic rings. The summed E-state index contributed by atoms with van der Waals surface area (Å²) in [6, 6.07) is 25.5. The van der Waals surface area contributed by atoms with E-state index in [1.165, 1.54) is 0 Å². The van der Waals surface area contributed by atoms with Gasteiger partial charge < -0.3 is 19.3 Å². The predicted octanol–water partition coefficient (Wildman–Crippen LogP) is 6.18. The third-order valence-electron chi connectivity index (χ3n) is 7.67. The lowest BCUT2D eigenvalue weighted by atomic mass is 10.0. The maximum absolute atomic E-state index is 13.9. The Morgan fingerprint density at radius 1 is 0.900 bits per heavy atom. The summed E-state index contributed by atoms with van der Waals surface area (Å²) in [5.74, 6) is 1.49. The largest absolute Gasteiger partial charge is 0.496 e. The molecule has 0 saturated heterocycles. The molecule has 0 aliphatic carbocycles. The molecule has 1 aliphatic heterocycles. The molecule has 0 bridgehead atoms. The van der Waals surface area contributed by atoms with Crippen molar-refractivity contribution >= 4 is 11.8 Å². The van der Waals surface area contributed by atoms with Crippen molar-refractivity contribution in [3.8, 4) is 11.5 Å². The Kier molecular flexibility index (Phi) is 11.0. The minimum absolute atomic E-state index is 0.000454. The van der Waals surface area contributed by atoms with Crippen molar-refractivity contribution in [2.75, 3.05) is 33.4 Å². The number of aryl methyl sites for hydroxylation is 1. The smallest absolute Gasteiger partial charge is 0.257 e. The van der Waals surface area contributed by atoms with Gasteiger partial charge in [0.1, 0.15) is 18.1 Å². The topological polar surface area (TPSA) is 59.1 Å². The van der Waals surface area contributed by atoms with Crippen LogP contribution in [0.3, 0.4) is 0 Å². The lowest BCUT2D eigenvalue weighted by molar-refractivity contribution is -0.134. The van der Waals surface area contributed by atoms with E-state index in [9.17, 15) is 9.59 Å². The molecule has 0 saturated carbocycles. The molecule has 0 unspecified atom stereocenters. The van der Waals surface area contributed by atoms with E-state index in [0.29, 0.717) is 50.3 Å². The van der Waals surface area contributed by atoms with Crippen molar-refractivity contribution in [1.29, 1.82) is 0 Å². The summed E-state index contributed by atoms with van der Waals surface area (Å²) in [6.45, 7) is 4.41. The van der Waals surface area contributed by atoms with Crippen LogP contribution in [0.2, 0.25) is 0 Å². The molecule has 0 spiro atoms. The van der Waals surface area contributed by atoms with E-state index < -0.39 is 0 Å². The highest BCUT2D eigenvalue weighted by atomic mass is 16.5. The number of nitrogens with zero attached hydrogens (tertiary/aromatic N) is 2. The van der Waals surface area contributed by atoms with Gasteiger partial charge in [-0.15, -0.1) is 0 Å². The van der Waals surface area contributed by atoms with Crippen LogP contribution in [0, 0.1) is 0 Å². The van der Waals surface area contributed by atoms with Gasteiger partial charge in [-0.05, 0) is 61.9 Å². The average molecular weight is 543 g/mol. The SMILES string of the molecule is CCN1CCCCCCN(C(=O)CCc2ccccc2OC)[C@@H](Cc2ccccc2)COc2ccccc2C1=O. The molecule has 1 atom stereocenters. The van der Waals surface area contributed by atoms with Gasteiger partial charge in [0.25, 0.3) is 5.91 Å². The second kappa shape index (κ2) is 15.1. The number of methoxy groups -OCH3 is 1. The Morgan fingerprint density at radius 2 is 1.60 bits per heavy atom. The van der Waals surface area contributed by atoms with Crippen molar-refractivity contribution in [3.05, 3.63) is 95.6 Å². The van der Waals surface area contributed by atoms with Crippen LogP contribution in [0.1, 0.15) is 60.5 Å². The van der Waals surface area contributed by atoms with E-state index in [1.807, 2.05) is 83.5 Å². The number of carbonyl (C=O) groups is 2. The summed E-state index contributed by atoms with van der Waals surface area (Å²) < 4.78 is 11.9. The Balaban J connectivity index is 1.61. The third kappa shape index (κ3) is 7.87. The first-order valence-electron chi connectivity index (χ1n) is 14.6. The van der Waals surface area contributed by atoms with Crippen molar-refractivity contribution in [2.45, 2.75) is 57.9 Å². The van der Waals surface area contributed by atoms with Crippen LogP contribution < -0.4 is 9.47 Å². The van der Waals surface area contributed by atoms with Crippen LogP contribution >= 0.6 is 0 Å². The van der Waals surface area contributed by atoms with Crippen LogP contribution in [0.4, 0.5) is 0 Å². The van der Waals surface area contributed by atoms with Gasteiger partial charge in [0.05, 0.1) is 18.7 Å². The highest BCUT2D eigenvalue weighted by Crippen LogP contribution is 2.24. The van der Waals surface area contributed by atoms with Gasteiger partial charge in [-0.3, -0.25) is 9.59 Å². The summed E-state index contributed by atoms with van der Waals surface area (Å²) in [7, 11) is 1.66. The van der Waals surface area contributed by atoms with Gasteiger partial charge >= 0.3 is 0 Å². The van der Waals surface area contributed by atoms with Crippen LogP contribution in [-0.2, 0) is 17.6 Å². The number of benzene rings is 3. The summed E-state index contributed by atoms with van der Waals surface area (Å²) in [5, 5.41) is 0. The number of ether oxygens (including phenoxy) is 2. The molecular weight excluding hydrogens is 500 g/mol. The molecule has 0 fully saturated rings.